The number of rotatable bonds is 20. The van der Waals surface area contributed by atoms with E-state index in [9.17, 15) is 14.7 Å². The lowest BCUT2D eigenvalue weighted by molar-refractivity contribution is -0.138. The quantitative estimate of drug-likeness (QED) is 0.125. The molecule has 6 heteroatoms. The highest BCUT2D eigenvalue weighted by atomic mass is 32.2. The zero-order valence-electron chi connectivity index (χ0n) is 20.8. The Hall–Kier alpha value is -1.01. The fraction of sp³-hybridized carbons (Fsp3) is 0.852. The van der Waals surface area contributed by atoms with E-state index < -0.39 is 18.0 Å². The number of carboxylic acids is 2. The highest BCUT2D eigenvalue weighted by molar-refractivity contribution is 8.00. The number of carboxylic acid groups (broad SMARTS) is 2. The van der Waals surface area contributed by atoms with Crippen LogP contribution in [0.1, 0.15) is 122 Å². The lowest BCUT2D eigenvalue weighted by Gasteiger charge is -2.36. The van der Waals surface area contributed by atoms with E-state index in [1.165, 1.54) is 76.2 Å². The fourth-order valence-corrected chi connectivity index (χ4v) is 6.12. The van der Waals surface area contributed by atoms with Gasteiger partial charge in [-0.2, -0.15) is 11.8 Å². The molecule has 0 aromatic carbocycles. The summed E-state index contributed by atoms with van der Waals surface area (Å²) in [6, 6.07) is 0. The minimum absolute atomic E-state index is 0.0113. The van der Waals surface area contributed by atoms with Gasteiger partial charge >= 0.3 is 11.9 Å². The Morgan fingerprint density at radius 3 is 2.03 bits per heavy atom. The summed E-state index contributed by atoms with van der Waals surface area (Å²) >= 11 is 1.65. The lowest BCUT2D eigenvalue weighted by Crippen LogP contribution is -2.37. The molecule has 5 nitrogen and oxygen atoms in total. The number of aliphatic hydroxyl groups excluding tert-OH is 1. The Labute approximate surface area is 205 Å². The summed E-state index contributed by atoms with van der Waals surface area (Å²) in [5.41, 5.74) is 1.28. The van der Waals surface area contributed by atoms with E-state index in [2.05, 4.69) is 13.0 Å². The SMILES string of the molecule is CCCCCCCCCCCCC/C=C1\CC[C@H](CCC(=O)O)[C@@H](O)[C@@H]1SCCCC(=O)O. The molecule has 0 spiro atoms. The van der Waals surface area contributed by atoms with Crippen LogP contribution in [0.3, 0.4) is 0 Å². The zero-order valence-corrected chi connectivity index (χ0v) is 21.6. The predicted molar refractivity (Wildman–Crippen MR) is 138 cm³/mol. The van der Waals surface area contributed by atoms with Gasteiger partial charge in [0.15, 0.2) is 0 Å². The Bertz CT molecular complexity index is 563. The number of carbonyl (C=O) groups is 2. The van der Waals surface area contributed by atoms with Gasteiger partial charge in [0, 0.05) is 12.8 Å². The van der Waals surface area contributed by atoms with E-state index >= 15 is 0 Å². The van der Waals surface area contributed by atoms with Crippen molar-refractivity contribution in [1.82, 2.24) is 0 Å². The topological polar surface area (TPSA) is 94.8 Å². The van der Waals surface area contributed by atoms with Crippen LogP contribution < -0.4 is 0 Å². The number of unbranched alkanes of at least 4 members (excludes halogenated alkanes) is 11. The highest BCUT2D eigenvalue weighted by Gasteiger charge is 2.35. The second-order valence-electron chi connectivity index (χ2n) is 9.61. The molecule has 0 saturated heterocycles. The summed E-state index contributed by atoms with van der Waals surface area (Å²) in [4.78, 5) is 21.7. The molecule has 1 aliphatic rings. The number of thioether (sulfide) groups is 1. The van der Waals surface area contributed by atoms with Crippen molar-refractivity contribution in [1.29, 1.82) is 0 Å². The first-order valence-corrected chi connectivity index (χ1v) is 14.4. The fourth-order valence-electron chi connectivity index (χ4n) is 4.71. The largest absolute Gasteiger partial charge is 0.481 e. The second kappa shape index (κ2) is 19.3. The molecule has 1 aliphatic carbocycles. The van der Waals surface area contributed by atoms with Crippen LogP contribution in [-0.2, 0) is 9.59 Å². The summed E-state index contributed by atoms with van der Waals surface area (Å²) in [5, 5.41) is 28.8. The first-order chi connectivity index (χ1) is 16.0. The van der Waals surface area contributed by atoms with E-state index in [0.29, 0.717) is 18.6 Å². The van der Waals surface area contributed by atoms with Crippen LogP contribution >= 0.6 is 11.8 Å². The molecule has 0 bridgehead atoms. The molecule has 0 radical (unpaired) electrons. The lowest BCUT2D eigenvalue weighted by atomic mass is 9.80. The molecular weight excluding hydrogens is 436 g/mol. The molecule has 0 aromatic heterocycles. The zero-order chi connectivity index (χ0) is 24.3. The van der Waals surface area contributed by atoms with Crippen LogP contribution in [0.25, 0.3) is 0 Å². The highest BCUT2D eigenvalue weighted by Crippen LogP contribution is 2.39. The third-order valence-electron chi connectivity index (χ3n) is 6.74. The molecule has 3 atom stereocenters. The number of allylic oxidation sites excluding steroid dienone is 1. The first-order valence-electron chi connectivity index (χ1n) is 13.4. The van der Waals surface area contributed by atoms with E-state index in [4.69, 9.17) is 10.2 Å². The summed E-state index contributed by atoms with van der Waals surface area (Å²) in [7, 11) is 0. The monoisotopic (exact) mass is 484 g/mol. The van der Waals surface area contributed by atoms with Crippen LogP contribution in [0.5, 0.6) is 0 Å². The standard InChI is InChI=1S/C27H48O5S/c1-2-3-4-5-6-7-8-9-10-11-12-13-15-23-18-17-22(19-20-25(30)31)26(32)27(23)33-21-14-16-24(28)29/h15,22,26-27,32H,2-14,16-21H2,1H3,(H,28,29)(H,30,31)/b23-15+/t22-,26-,27-/m1/s1. The Kier molecular flexibility index (Phi) is 17.6. The van der Waals surface area contributed by atoms with Gasteiger partial charge in [-0.25, -0.2) is 0 Å². The van der Waals surface area contributed by atoms with Crippen LogP contribution in [0.2, 0.25) is 0 Å². The number of hydrogen-bond donors (Lipinski definition) is 3. The van der Waals surface area contributed by atoms with E-state index in [1.54, 1.807) is 11.8 Å². The van der Waals surface area contributed by atoms with Crippen LogP contribution in [-0.4, -0.2) is 44.4 Å². The van der Waals surface area contributed by atoms with Crippen molar-refractivity contribution in [3.63, 3.8) is 0 Å². The van der Waals surface area contributed by atoms with Crippen molar-refractivity contribution in [2.45, 2.75) is 134 Å². The van der Waals surface area contributed by atoms with Gasteiger partial charge in [0.05, 0.1) is 11.4 Å². The second-order valence-corrected chi connectivity index (χ2v) is 10.9. The number of hydrogen-bond acceptors (Lipinski definition) is 4. The Balaban J connectivity index is 2.36. The molecule has 0 aliphatic heterocycles. The maximum absolute atomic E-state index is 11.0. The van der Waals surface area contributed by atoms with Gasteiger partial charge in [0.25, 0.3) is 0 Å². The van der Waals surface area contributed by atoms with Crippen LogP contribution in [0.4, 0.5) is 0 Å². The van der Waals surface area contributed by atoms with Gasteiger partial charge < -0.3 is 15.3 Å². The maximum Gasteiger partial charge on any atom is 0.303 e. The summed E-state index contributed by atoms with van der Waals surface area (Å²) < 4.78 is 0. The normalized spacial score (nSPS) is 22.0. The molecule has 0 aromatic rings. The summed E-state index contributed by atoms with van der Waals surface area (Å²) in [6.45, 7) is 2.26. The van der Waals surface area contributed by atoms with Gasteiger partial charge in [0.2, 0.25) is 0 Å². The van der Waals surface area contributed by atoms with E-state index in [0.717, 1.165) is 19.3 Å². The van der Waals surface area contributed by atoms with Crippen molar-refractivity contribution in [2.75, 3.05) is 5.75 Å². The molecule has 0 unspecified atom stereocenters. The van der Waals surface area contributed by atoms with Crippen molar-refractivity contribution in [2.24, 2.45) is 5.92 Å². The number of aliphatic carboxylic acids is 2. The van der Waals surface area contributed by atoms with Gasteiger partial charge in [0.1, 0.15) is 0 Å². The molecule has 0 heterocycles. The minimum atomic E-state index is -0.814. The smallest absolute Gasteiger partial charge is 0.303 e. The third-order valence-corrected chi connectivity index (χ3v) is 8.20. The number of aliphatic hydroxyl groups is 1. The summed E-state index contributed by atoms with van der Waals surface area (Å²) in [5.74, 6) is -0.885. The van der Waals surface area contributed by atoms with Crippen LogP contribution in [0, 0.1) is 5.92 Å². The summed E-state index contributed by atoms with van der Waals surface area (Å²) in [6.07, 6.45) is 20.5. The molecule has 0 amide bonds. The van der Waals surface area contributed by atoms with Gasteiger partial charge in [-0.05, 0) is 50.2 Å². The molecule has 1 saturated carbocycles. The average molecular weight is 485 g/mol. The van der Waals surface area contributed by atoms with Crippen molar-refractivity contribution in [3.05, 3.63) is 11.6 Å². The average Bonchev–Trinajstić information content (AvgIpc) is 2.77. The minimum Gasteiger partial charge on any atom is -0.481 e. The van der Waals surface area contributed by atoms with Crippen molar-refractivity contribution < 1.29 is 24.9 Å². The Morgan fingerprint density at radius 1 is 0.879 bits per heavy atom. The first kappa shape index (κ1) is 30.0. The third kappa shape index (κ3) is 14.8. The van der Waals surface area contributed by atoms with Crippen molar-refractivity contribution in [3.8, 4) is 0 Å². The molecule has 1 fully saturated rings. The van der Waals surface area contributed by atoms with Gasteiger partial charge in [-0.3, -0.25) is 9.59 Å². The van der Waals surface area contributed by atoms with Gasteiger partial charge in [-0.15, -0.1) is 0 Å². The molecule has 192 valence electrons. The van der Waals surface area contributed by atoms with Crippen molar-refractivity contribution >= 4 is 23.7 Å². The van der Waals surface area contributed by atoms with E-state index in [-0.39, 0.29) is 24.0 Å². The molecular formula is C27H48O5S. The van der Waals surface area contributed by atoms with Gasteiger partial charge in [-0.1, -0.05) is 82.8 Å². The predicted octanol–water partition coefficient (Wildman–Crippen LogP) is 7.22. The Morgan fingerprint density at radius 2 is 1.45 bits per heavy atom. The molecule has 1 rings (SSSR count). The van der Waals surface area contributed by atoms with E-state index in [1.807, 2.05) is 0 Å². The molecule has 33 heavy (non-hydrogen) atoms. The maximum atomic E-state index is 11.0. The molecule has 3 N–H and O–H groups in total. The van der Waals surface area contributed by atoms with Crippen LogP contribution in [0.15, 0.2) is 11.6 Å².